The lowest BCUT2D eigenvalue weighted by molar-refractivity contribution is -0.124. The Hall–Kier alpha value is -0.780. The lowest BCUT2D eigenvalue weighted by Gasteiger charge is -2.31. The van der Waals surface area contributed by atoms with E-state index in [1.54, 1.807) is 18.2 Å². The van der Waals surface area contributed by atoms with Gasteiger partial charge in [0, 0.05) is 17.1 Å². The molecule has 0 heterocycles. The molecule has 0 bridgehead atoms. The number of rotatable bonds is 6. The molecule has 0 radical (unpaired) electrons. The van der Waals surface area contributed by atoms with Crippen LogP contribution in [0, 0.1) is 5.41 Å². The summed E-state index contributed by atoms with van der Waals surface area (Å²) < 4.78 is 6.27. The smallest absolute Gasteiger partial charge is 0.258 e. The number of nitrogens with one attached hydrogen (secondary N) is 1. The van der Waals surface area contributed by atoms with Gasteiger partial charge >= 0.3 is 0 Å². The first kappa shape index (κ1) is 18.3. The van der Waals surface area contributed by atoms with Gasteiger partial charge in [-0.3, -0.25) is 4.79 Å². The van der Waals surface area contributed by atoms with Crippen LogP contribution in [0.25, 0.3) is 0 Å². The van der Waals surface area contributed by atoms with Crippen molar-refractivity contribution in [3.63, 3.8) is 0 Å². The summed E-state index contributed by atoms with van der Waals surface area (Å²) in [6.07, 6.45) is 0.508. The first-order chi connectivity index (χ1) is 9.74. The van der Waals surface area contributed by atoms with E-state index in [1.165, 1.54) is 0 Å². The number of carbonyl (C=O) groups excluding carboxylic acids is 1. The molecule has 1 rings (SSSR count). The van der Waals surface area contributed by atoms with Gasteiger partial charge in [-0.05, 0) is 30.0 Å². The van der Waals surface area contributed by atoms with E-state index in [9.17, 15) is 4.79 Å². The summed E-state index contributed by atoms with van der Waals surface area (Å²) in [7, 11) is 0. The quantitative estimate of drug-likeness (QED) is 0.797. The van der Waals surface area contributed by atoms with Crippen molar-refractivity contribution in [2.45, 2.75) is 33.2 Å². The van der Waals surface area contributed by atoms with Crippen molar-refractivity contribution in [2.75, 3.05) is 13.2 Å². The van der Waals surface area contributed by atoms with Gasteiger partial charge in [0.25, 0.3) is 5.91 Å². The van der Waals surface area contributed by atoms with Crippen molar-refractivity contribution in [3.05, 3.63) is 27.7 Å². The van der Waals surface area contributed by atoms with Gasteiger partial charge < -0.3 is 15.2 Å². The zero-order valence-electron chi connectivity index (χ0n) is 12.5. The Morgan fingerprint density at radius 2 is 2.14 bits per heavy atom. The normalized spacial score (nSPS) is 12.9. The molecule has 0 saturated carbocycles. The molecule has 1 atom stereocenters. The Morgan fingerprint density at radius 1 is 1.48 bits per heavy atom. The van der Waals surface area contributed by atoms with Crippen LogP contribution in [0.1, 0.15) is 27.2 Å². The van der Waals surface area contributed by atoms with Gasteiger partial charge in [0.05, 0.1) is 5.02 Å². The standard InChI is InChI=1S/C15H21BrClNO3/c1-15(2,3)13(6-7-19)18-14(20)9-21-12-5-4-10(16)8-11(12)17/h4-5,8,13,19H,6-7,9H2,1-3H3,(H,18,20). The minimum absolute atomic E-state index is 0.0294. The van der Waals surface area contributed by atoms with Crippen molar-refractivity contribution < 1.29 is 14.6 Å². The summed E-state index contributed by atoms with van der Waals surface area (Å²) in [6.45, 7) is 5.96. The number of ether oxygens (including phenoxy) is 1. The second kappa shape index (κ2) is 8.01. The fourth-order valence-electron chi connectivity index (χ4n) is 1.82. The monoisotopic (exact) mass is 377 g/mol. The molecule has 1 amide bonds. The van der Waals surface area contributed by atoms with Gasteiger partial charge in [-0.15, -0.1) is 0 Å². The molecular formula is C15H21BrClNO3. The largest absolute Gasteiger partial charge is 0.482 e. The molecule has 0 aliphatic carbocycles. The van der Waals surface area contributed by atoms with Crippen molar-refractivity contribution in [3.8, 4) is 5.75 Å². The molecule has 21 heavy (non-hydrogen) atoms. The van der Waals surface area contributed by atoms with Gasteiger partial charge in [-0.2, -0.15) is 0 Å². The van der Waals surface area contributed by atoms with E-state index >= 15 is 0 Å². The average molecular weight is 379 g/mol. The first-order valence-electron chi connectivity index (χ1n) is 6.72. The molecule has 1 aromatic rings. The number of aliphatic hydroxyl groups excluding tert-OH is 1. The third kappa shape index (κ3) is 6.24. The molecule has 2 N–H and O–H groups in total. The summed E-state index contributed by atoms with van der Waals surface area (Å²) in [5.74, 6) is 0.229. The lowest BCUT2D eigenvalue weighted by Crippen LogP contribution is -2.46. The fourth-order valence-corrected chi connectivity index (χ4v) is 2.55. The topological polar surface area (TPSA) is 58.6 Å². The number of hydrogen-bond acceptors (Lipinski definition) is 3. The summed E-state index contributed by atoms with van der Waals surface area (Å²) >= 11 is 9.33. The van der Waals surface area contributed by atoms with Crippen LogP contribution in [-0.2, 0) is 4.79 Å². The van der Waals surface area contributed by atoms with Crippen LogP contribution >= 0.6 is 27.5 Å². The van der Waals surface area contributed by atoms with Gasteiger partial charge in [0.1, 0.15) is 5.75 Å². The van der Waals surface area contributed by atoms with Crippen molar-refractivity contribution in [2.24, 2.45) is 5.41 Å². The van der Waals surface area contributed by atoms with Crippen LogP contribution in [-0.4, -0.2) is 30.3 Å². The molecule has 118 valence electrons. The Bertz CT molecular complexity index is 488. The molecule has 0 aliphatic heterocycles. The van der Waals surface area contributed by atoms with E-state index in [0.29, 0.717) is 17.2 Å². The molecule has 0 spiro atoms. The van der Waals surface area contributed by atoms with Crippen LogP contribution in [0.2, 0.25) is 5.02 Å². The van der Waals surface area contributed by atoms with E-state index in [1.807, 2.05) is 20.8 Å². The number of benzene rings is 1. The third-order valence-electron chi connectivity index (χ3n) is 3.05. The number of amides is 1. The molecule has 0 aromatic heterocycles. The molecule has 6 heteroatoms. The van der Waals surface area contributed by atoms with Crippen molar-refractivity contribution >= 4 is 33.4 Å². The van der Waals surface area contributed by atoms with Gasteiger partial charge in [-0.25, -0.2) is 0 Å². The minimum Gasteiger partial charge on any atom is -0.482 e. The highest BCUT2D eigenvalue weighted by Gasteiger charge is 2.25. The van der Waals surface area contributed by atoms with Crippen molar-refractivity contribution in [1.82, 2.24) is 5.32 Å². The highest BCUT2D eigenvalue weighted by molar-refractivity contribution is 9.10. The maximum atomic E-state index is 12.0. The van der Waals surface area contributed by atoms with Gasteiger partial charge in [0.15, 0.2) is 6.61 Å². The van der Waals surface area contributed by atoms with Crippen LogP contribution < -0.4 is 10.1 Å². The van der Waals surface area contributed by atoms with Gasteiger partial charge in [-0.1, -0.05) is 48.3 Å². The average Bonchev–Trinajstić information content (AvgIpc) is 2.36. The second-order valence-electron chi connectivity index (χ2n) is 5.86. The lowest BCUT2D eigenvalue weighted by atomic mass is 9.85. The molecule has 0 saturated heterocycles. The van der Waals surface area contributed by atoms with E-state index in [-0.39, 0.29) is 30.6 Å². The Balaban J connectivity index is 2.57. The zero-order chi connectivity index (χ0) is 16.0. The number of halogens is 2. The zero-order valence-corrected chi connectivity index (χ0v) is 14.8. The van der Waals surface area contributed by atoms with Crippen molar-refractivity contribution in [1.29, 1.82) is 0 Å². The SMILES string of the molecule is CC(C)(C)C(CCO)NC(=O)COc1ccc(Br)cc1Cl. The molecular weight excluding hydrogens is 358 g/mol. The van der Waals surface area contributed by atoms with E-state index in [2.05, 4.69) is 21.2 Å². The summed E-state index contributed by atoms with van der Waals surface area (Å²) in [5.41, 5.74) is -0.131. The number of hydrogen-bond donors (Lipinski definition) is 2. The fraction of sp³-hybridized carbons (Fsp3) is 0.533. The van der Waals surface area contributed by atoms with Crippen LogP contribution in [0.3, 0.4) is 0 Å². The number of aliphatic hydroxyl groups is 1. The molecule has 4 nitrogen and oxygen atoms in total. The molecule has 0 aliphatic rings. The highest BCUT2D eigenvalue weighted by Crippen LogP contribution is 2.27. The minimum atomic E-state index is -0.234. The predicted molar refractivity (Wildman–Crippen MR) is 87.7 cm³/mol. The number of carbonyl (C=O) groups is 1. The Labute approximate surface area is 139 Å². The highest BCUT2D eigenvalue weighted by atomic mass is 79.9. The first-order valence-corrected chi connectivity index (χ1v) is 7.89. The Kier molecular flexibility index (Phi) is 6.97. The molecule has 0 fully saturated rings. The maximum absolute atomic E-state index is 12.0. The summed E-state index contributed by atoms with van der Waals surface area (Å²) in [4.78, 5) is 12.0. The molecule has 1 aromatic carbocycles. The third-order valence-corrected chi connectivity index (χ3v) is 3.84. The second-order valence-corrected chi connectivity index (χ2v) is 7.18. The predicted octanol–water partition coefficient (Wildman–Crippen LogP) is 3.39. The van der Waals surface area contributed by atoms with Crippen LogP contribution in [0.15, 0.2) is 22.7 Å². The summed E-state index contributed by atoms with van der Waals surface area (Å²) in [6, 6.07) is 5.09. The van der Waals surface area contributed by atoms with Gasteiger partial charge in [0.2, 0.25) is 0 Å². The van der Waals surface area contributed by atoms with Crippen LogP contribution in [0.4, 0.5) is 0 Å². The van der Waals surface area contributed by atoms with E-state index in [0.717, 1.165) is 4.47 Å². The summed E-state index contributed by atoms with van der Waals surface area (Å²) in [5, 5.41) is 12.4. The van der Waals surface area contributed by atoms with Crippen LogP contribution in [0.5, 0.6) is 5.75 Å². The van der Waals surface area contributed by atoms with E-state index in [4.69, 9.17) is 21.4 Å². The maximum Gasteiger partial charge on any atom is 0.258 e. The Morgan fingerprint density at radius 3 is 2.67 bits per heavy atom. The molecule has 1 unspecified atom stereocenters. The van der Waals surface area contributed by atoms with E-state index < -0.39 is 0 Å².